The zero-order chi connectivity index (χ0) is 9.97. The van der Waals surface area contributed by atoms with Crippen LogP contribution >= 0.6 is 11.8 Å². The lowest BCUT2D eigenvalue weighted by Crippen LogP contribution is -2.30. The van der Waals surface area contributed by atoms with Crippen LogP contribution in [0.3, 0.4) is 0 Å². The van der Waals surface area contributed by atoms with Crippen molar-refractivity contribution in [1.82, 2.24) is 0 Å². The zero-order valence-corrected chi connectivity index (χ0v) is 8.39. The van der Waals surface area contributed by atoms with Crippen LogP contribution in [-0.2, 0) is 11.3 Å². The predicted octanol–water partition coefficient (Wildman–Crippen LogP) is 1.81. The highest BCUT2D eigenvalue weighted by molar-refractivity contribution is 8.00. The first-order valence-electron chi connectivity index (χ1n) is 4.44. The molecule has 0 amide bonds. The Morgan fingerprint density at radius 1 is 1.50 bits per heavy atom. The van der Waals surface area contributed by atoms with Gasteiger partial charge in [-0.3, -0.25) is 0 Å². The third kappa shape index (κ3) is 1.92. The average Bonchev–Trinajstić information content (AvgIpc) is 2.12. The second kappa shape index (κ2) is 4.29. The summed E-state index contributed by atoms with van der Waals surface area (Å²) in [6, 6.07) is 4.77. The molecule has 1 aliphatic heterocycles. The molecule has 1 aliphatic rings. The van der Waals surface area contributed by atoms with E-state index in [1.807, 2.05) is 0 Å². The molecule has 76 valence electrons. The van der Waals surface area contributed by atoms with Gasteiger partial charge in [-0.2, -0.15) is 0 Å². The normalized spacial score (nSPS) is 16.7. The van der Waals surface area contributed by atoms with Gasteiger partial charge in [0.25, 0.3) is 0 Å². The minimum Gasteiger partial charge on any atom is -0.392 e. The van der Waals surface area contributed by atoms with Gasteiger partial charge in [0.15, 0.2) is 0 Å². The number of hydrogen-bond acceptors (Lipinski definition) is 3. The molecule has 4 heteroatoms. The highest BCUT2D eigenvalue weighted by Crippen LogP contribution is 2.32. The Morgan fingerprint density at radius 3 is 2.86 bits per heavy atom. The van der Waals surface area contributed by atoms with Gasteiger partial charge in [-0.1, -0.05) is 12.1 Å². The Kier molecular flexibility index (Phi) is 3.05. The second-order valence-electron chi connectivity index (χ2n) is 3.16. The van der Waals surface area contributed by atoms with Crippen molar-refractivity contribution in [3.63, 3.8) is 0 Å². The van der Waals surface area contributed by atoms with Crippen molar-refractivity contribution < 1.29 is 14.2 Å². The lowest BCUT2D eigenvalue weighted by atomic mass is 10.2. The van der Waals surface area contributed by atoms with Crippen LogP contribution in [0.25, 0.3) is 0 Å². The molecular formula is C10H11FO2S. The van der Waals surface area contributed by atoms with Gasteiger partial charge in [-0.25, -0.2) is 4.39 Å². The van der Waals surface area contributed by atoms with Crippen molar-refractivity contribution in [2.75, 3.05) is 13.2 Å². The third-order valence-corrected chi connectivity index (χ3v) is 3.41. The van der Waals surface area contributed by atoms with Gasteiger partial charge in [0, 0.05) is 4.90 Å². The van der Waals surface area contributed by atoms with Crippen LogP contribution in [-0.4, -0.2) is 23.6 Å². The van der Waals surface area contributed by atoms with E-state index in [-0.39, 0.29) is 12.4 Å². The number of rotatable bonds is 3. The maximum absolute atomic E-state index is 13.4. The number of halogens is 1. The highest BCUT2D eigenvalue weighted by Gasteiger charge is 2.22. The van der Waals surface area contributed by atoms with Crippen LogP contribution in [0.2, 0.25) is 0 Å². The number of thioether (sulfide) groups is 1. The van der Waals surface area contributed by atoms with E-state index >= 15 is 0 Å². The van der Waals surface area contributed by atoms with Gasteiger partial charge in [0.1, 0.15) is 5.82 Å². The quantitative estimate of drug-likeness (QED) is 0.832. The Hall–Kier alpha value is -0.580. The molecule has 0 radical (unpaired) electrons. The number of aliphatic hydroxyl groups is 1. The summed E-state index contributed by atoms with van der Waals surface area (Å²) in [6.07, 6.45) is 0. The number of aliphatic hydroxyl groups excluding tert-OH is 1. The lowest BCUT2D eigenvalue weighted by Gasteiger charge is -2.26. The van der Waals surface area contributed by atoms with E-state index in [4.69, 9.17) is 9.84 Å². The van der Waals surface area contributed by atoms with E-state index in [0.29, 0.717) is 28.9 Å². The summed E-state index contributed by atoms with van der Waals surface area (Å²) < 4.78 is 18.4. The Bertz CT molecular complexity index is 326. The van der Waals surface area contributed by atoms with E-state index in [0.717, 1.165) is 0 Å². The smallest absolute Gasteiger partial charge is 0.137 e. The Morgan fingerprint density at radius 2 is 2.29 bits per heavy atom. The maximum Gasteiger partial charge on any atom is 0.137 e. The molecule has 1 saturated heterocycles. The summed E-state index contributed by atoms with van der Waals surface area (Å²) in [5, 5.41) is 9.37. The lowest BCUT2D eigenvalue weighted by molar-refractivity contribution is 0.0454. The Balaban J connectivity index is 2.19. The molecule has 0 unspecified atom stereocenters. The zero-order valence-electron chi connectivity index (χ0n) is 7.57. The summed E-state index contributed by atoms with van der Waals surface area (Å²) in [7, 11) is 0. The third-order valence-electron chi connectivity index (χ3n) is 2.11. The SMILES string of the molecule is OCc1cccc(F)c1SC1COC1. The van der Waals surface area contributed by atoms with Crippen LogP contribution in [0.15, 0.2) is 23.1 Å². The molecule has 0 aliphatic carbocycles. The largest absolute Gasteiger partial charge is 0.392 e. The second-order valence-corrected chi connectivity index (χ2v) is 4.47. The van der Waals surface area contributed by atoms with Gasteiger partial charge in [-0.15, -0.1) is 11.8 Å². The first-order chi connectivity index (χ1) is 6.81. The fourth-order valence-corrected chi connectivity index (χ4v) is 2.39. The number of ether oxygens (including phenoxy) is 1. The molecule has 14 heavy (non-hydrogen) atoms. The average molecular weight is 214 g/mol. The fraction of sp³-hybridized carbons (Fsp3) is 0.400. The minimum atomic E-state index is -0.256. The van der Waals surface area contributed by atoms with Crippen molar-refractivity contribution in [2.24, 2.45) is 0 Å². The molecule has 1 heterocycles. The van der Waals surface area contributed by atoms with Gasteiger partial charge in [0.2, 0.25) is 0 Å². The first kappa shape index (κ1) is 9.96. The molecule has 2 rings (SSSR count). The minimum absolute atomic E-state index is 0.117. The monoisotopic (exact) mass is 214 g/mol. The molecule has 1 fully saturated rings. The van der Waals surface area contributed by atoms with Crippen molar-refractivity contribution in [2.45, 2.75) is 16.8 Å². The van der Waals surface area contributed by atoms with Crippen molar-refractivity contribution in [3.8, 4) is 0 Å². The summed E-state index contributed by atoms with van der Waals surface area (Å²) in [5.74, 6) is -0.256. The molecule has 0 bridgehead atoms. The predicted molar refractivity (Wildman–Crippen MR) is 52.8 cm³/mol. The summed E-state index contributed by atoms with van der Waals surface area (Å²) >= 11 is 1.45. The topological polar surface area (TPSA) is 29.5 Å². The van der Waals surface area contributed by atoms with Gasteiger partial charge >= 0.3 is 0 Å². The molecular weight excluding hydrogens is 203 g/mol. The molecule has 1 aromatic carbocycles. The van der Waals surface area contributed by atoms with Crippen LogP contribution in [0, 0.1) is 5.82 Å². The first-order valence-corrected chi connectivity index (χ1v) is 5.32. The molecule has 0 atom stereocenters. The maximum atomic E-state index is 13.4. The van der Waals surface area contributed by atoms with E-state index in [1.54, 1.807) is 12.1 Å². The van der Waals surface area contributed by atoms with Crippen molar-refractivity contribution >= 4 is 11.8 Å². The molecule has 1 aromatic rings. The highest BCUT2D eigenvalue weighted by atomic mass is 32.2. The number of benzene rings is 1. The van der Waals surface area contributed by atoms with Crippen molar-refractivity contribution in [3.05, 3.63) is 29.6 Å². The van der Waals surface area contributed by atoms with Crippen LogP contribution in [0.5, 0.6) is 0 Å². The molecule has 0 saturated carbocycles. The van der Waals surface area contributed by atoms with Gasteiger partial charge in [0.05, 0.1) is 25.1 Å². The van der Waals surface area contributed by atoms with Crippen LogP contribution in [0.1, 0.15) is 5.56 Å². The Labute approximate surface area is 86.1 Å². The molecule has 0 spiro atoms. The molecule has 2 nitrogen and oxygen atoms in total. The van der Waals surface area contributed by atoms with E-state index in [9.17, 15) is 4.39 Å². The van der Waals surface area contributed by atoms with Crippen molar-refractivity contribution in [1.29, 1.82) is 0 Å². The summed E-state index contributed by atoms with van der Waals surface area (Å²) in [4.78, 5) is 0.559. The summed E-state index contributed by atoms with van der Waals surface area (Å²) in [6.45, 7) is 1.22. The van der Waals surface area contributed by atoms with E-state index in [2.05, 4.69) is 0 Å². The standard InChI is InChI=1S/C10H11FO2S/c11-9-3-1-2-7(4-12)10(9)14-8-5-13-6-8/h1-3,8,12H,4-6H2. The van der Waals surface area contributed by atoms with E-state index < -0.39 is 0 Å². The van der Waals surface area contributed by atoms with Gasteiger partial charge in [-0.05, 0) is 11.6 Å². The van der Waals surface area contributed by atoms with Crippen LogP contribution in [0.4, 0.5) is 4.39 Å². The number of hydrogen-bond donors (Lipinski definition) is 1. The fourth-order valence-electron chi connectivity index (χ4n) is 1.26. The summed E-state index contributed by atoms with van der Waals surface area (Å²) in [5.41, 5.74) is 0.655. The van der Waals surface area contributed by atoms with Gasteiger partial charge < -0.3 is 9.84 Å². The van der Waals surface area contributed by atoms with Crippen LogP contribution < -0.4 is 0 Å². The molecule has 0 aromatic heterocycles. The molecule has 1 N–H and O–H groups in total. The van der Waals surface area contributed by atoms with E-state index in [1.165, 1.54) is 17.8 Å².